The van der Waals surface area contributed by atoms with Gasteiger partial charge in [-0.1, -0.05) is 41.4 Å². The number of nitrogens with one attached hydrogen (secondary N) is 1. The van der Waals surface area contributed by atoms with Crippen molar-refractivity contribution in [2.45, 2.75) is 20.1 Å². The van der Waals surface area contributed by atoms with Crippen molar-refractivity contribution in [3.63, 3.8) is 0 Å². The van der Waals surface area contributed by atoms with E-state index in [2.05, 4.69) is 5.32 Å². The van der Waals surface area contributed by atoms with Gasteiger partial charge in [0, 0.05) is 17.3 Å². The van der Waals surface area contributed by atoms with Crippen molar-refractivity contribution in [2.75, 3.05) is 11.9 Å². The summed E-state index contributed by atoms with van der Waals surface area (Å²) in [5.74, 6) is 0.229. The van der Waals surface area contributed by atoms with Crippen LogP contribution in [-0.2, 0) is 13.2 Å². The van der Waals surface area contributed by atoms with E-state index in [1.807, 2.05) is 49.4 Å². The third kappa shape index (κ3) is 5.81. The number of halogens is 2. The number of ether oxygens (including phenoxy) is 2. The molecule has 0 atom stereocenters. The Kier molecular flexibility index (Phi) is 7.44. The van der Waals surface area contributed by atoms with Crippen molar-refractivity contribution in [3.8, 4) is 11.5 Å². The number of anilines is 1. The molecule has 3 aromatic carbocycles. The second-order valence-corrected chi connectivity index (χ2v) is 7.33. The molecule has 7 heteroatoms. The molecule has 0 saturated carbocycles. The maximum Gasteiger partial charge on any atom is 0.337 e. The van der Waals surface area contributed by atoms with Crippen molar-refractivity contribution in [1.29, 1.82) is 0 Å². The van der Waals surface area contributed by atoms with Gasteiger partial charge in [-0.25, -0.2) is 4.79 Å². The third-order valence-corrected chi connectivity index (χ3v) is 4.89. The molecule has 3 rings (SSSR count). The molecule has 0 bridgehead atoms. The fourth-order valence-corrected chi connectivity index (χ4v) is 3.12. The molecule has 0 spiro atoms. The van der Waals surface area contributed by atoms with Crippen molar-refractivity contribution in [1.82, 2.24) is 0 Å². The molecule has 3 aromatic rings. The van der Waals surface area contributed by atoms with Crippen LogP contribution in [-0.4, -0.2) is 17.7 Å². The normalized spacial score (nSPS) is 10.5. The van der Waals surface area contributed by atoms with Crippen molar-refractivity contribution in [2.24, 2.45) is 0 Å². The summed E-state index contributed by atoms with van der Waals surface area (Å²) in [5.41, 5.74) is 2.69. The maximum atomic E-state index is 11.2. The molecular formula is C23H21Cl2NO4. The van der Waals surface area contributed by atoms with Crippen molar-refractivity contribution in [3.05, 3.63) is 87.4 Å². The molecule has 156 valence electrons. The number of benzene rings is 3. The van der Waals surface area contributed by atoms with Crippen LogP contribution in [0.5, 0.6) is 11.5 Å². The average molecular weight is 446 g/mol. The van der Waals surface area contributed by atoms with E-state index in [9.17, 15) is 9.90 Å². The number of aromatic carboxylic acids is 1. The van der Waals surface area contributed by atoms with Gasteiger partial charge in [0.05, 0.1) is 17.2 Å². The fraction of sp³-hybridized carbons (Fsp3) is 0.174. The Hall–Kier alpha value is -2.89. The Morgan fingerprint density at radius 3 is 2.37 bits per heavy atom. The highest BCUT2D eigenvalue weighted by atomic mass is 35.5. The van der Waals surface area contributed by atoms with Crippen LogP contribution in [0.1, 0.15) is 28.4 Å². The smallest absolute Gasteiger partial charge is 0.337 e. The van der Waals surface area contributed by atoms with Crippen LogP contribution in [0.4, 0.5) is 5.69 Å². The largest absolute Gasteiger partial charge is 0.490 e. The number of carbonyl (C=O) groups is 1. The molecule has 0 aromatic heterocycles. The van der Waals surface area contributed by atoms with Crippen LogP contribution in [0.2, 0.25) is 10.0 Å². The van der Waals surface area contributed by atoms with Gasteiger partial charge >= 0.3 is 5.97 Å². The number of carboxylic acids is 1. The predicted octanol–water partition coefficient (Wildman–Crippen LogP) is 6.28. The van der Waals surface area contributed by atoms with Gasteiger partial charge in [-0.2, -0.15) is 0 Å². The summed E-state index contributed by atoms with van der Waals surface area (Å²) in [6.45, 7) is 3.30. The summed E-state index contributed by atoms with van der Waals surface area (Å²) in [6.07, 6.45) is 0. The highest BCUT2D eigenvalue weighted by molar-refractivity contribution is 6.33. The van der Waals surface area contributed by atoms with Gasteiger partial charge < -0.3 is 19.9 Å². The number of carboxylic acid groups (broad SMARTS) is 1. The lowest BCUT2D eigenvalue weighted by Crippen LogP contribution is -2.04. The standard InChI is InChI=1S/C23H21Cl2NO4/c1-2-29-22-11-16(13-26-18-8-9-20(25)19(12-18)23(27)28)5-10-21(22)30-14-15-3-6-17(24)7-4-15/h3-12,26H,2,13-14H2,1H3,(H,27,28). The zero-order chi connectivity index (χ0) is 21.5. The van der Waals surface area contributed by atoms with Crippen LogP contribution in [0, 0.1) is 0 Å². The van der Waals surface area contributed by atoms with Gasteiger partial charge in [-0.15, -0.1) is 0 Å². The summed E-state index contributed by atoms with van der Waals surface area (Å²) in [7, 11) is 0. The van der Waals surface area contributed by atoms with Gasteiger partial charge in [0.25, 0.3) is 0 Å². The molecule has 0 aliphatic heterocycles. The van der Waals surface area contributed by atoms with Gasteiger partial charge in [-0.05, 0) is 60.5 Å². The zero-order valence-electron chi connectivity index (χ0n) is 16.3. The first-order chi connectivity index (χ1) is 14.5. The number of rotatable bonds is 9. The Morgan fingerprint density at radius 1 is 0.933 bits per heavy atom. The fourth-order valence-electron chi connectivity index (χ4n) is 2.79. The molecule has 2 N–H and O–H groups in total. The SMILES string of the molecule is CCOc1cc(CNc2ccc(Cl)c(C(=O)O)c2)ccc1OCc1ccc(Cl)cc1. The molecule has 30 heavy (non-hydrogen) atoms. The quantitative estimate of drug-likeness (QED) is 0.405. The summed E-state index contributed by atoms with van der Waals surface area (Å²) >= 11 is 11.8. The van der Waals surface area contributed by atoms with E-state index in [4.69, 9.17) is 32.7 Å². The van der Waals surface area contributed by atoms with Crippen molar-refractivity contribution < 1.29 is 19.4 Å². The molecule has 0 saturated heterocycles. The molecule has 0 fully saturated rings. The molecular weight excluding hydrogens is 425 g/mol. The topological polar surface area (TPSA) is 67.8 Å². The second kappa shape index (κ2) is 10.2. The predicted molar refractivity (Wildman–Crippen MR) is 119 cm³/mol. The molecule has 0 radical (unpaired) electrons. The van der Waals surface area contributed by atoms with Crippen LogP contribution >= 0.6 is 23.2 Å². The average Bonchev–Trinajstić information content (AvgIpc) is 2.73. The summed E-state index contributed by atoms with van der Waals surface area (Å²) in [4.78, 5) is 11.2. The monoisotopic (exact) mass is 445 g/mol. The minimum Gasteiger partial charge on any atom is -0.490 e. The van der Waals surface area contributed by atoms with Crippen LogP contribution in [0.15, 0.2) is 60.7 Å². The number of hydrogen-bond donors (Lipinski definition) is 2. The first-order valence-electron chi connectivity index (χ1n) is 9.36. The van der Waals surface area contributed by atoms with E-state index in [0.717, 1.165) is 11.1 Å². The Balaban J connectivity index is 1.69. The summed E-state index contributed by atoms with van der Waals surface area (Å²) in [5, 5.41) is 13.3. The van der Waals surface area contributed by atoms with E-state index in [1.54, 1.807) is 12.1 Å². The molecule has 0 unspecified atom stereocenters. The maximum absolute atomic E-state index is 11.2. The molecule has 0 aliphatic carbocycles. The molecule has 5 nitrogen and oxygen atoms in total. The van der Waals surface area contributed by atoms with Crippen LogP contribution < -0.4 is 14.8 Å². The summed E-state index contributed by atoms with van der Waals surface area (Å²) < 4.78 is 11.7. The van der Waals surface area contributed by atoms with E-state index >= 15 is 0 Å². The highest BCUT2D eigenvalue weighted by Crippen LogP contribution is 2.30. The minimum atomic E-state index is -1.07. The van der Waals surface area contributed by atoms with Gasteiger partial charge in [0.2, 0.25) is 0 Å². The molecule has 0 aliphatic rings. The lowest BCUT2D eigenvalue weighted by atomic mass is 10.1. The van der Waals surface area contributed by atoms with Gasteiger partial charge in [0.1, 0.15) is 6.61 Å². The van der Waals surface area contributed by atoms with Gasteiger partial charge in [0.15, 0.2) is 11.5 Å². The van der Waals surface area contributed by atoms with E-state index in [-0.39, 0.29) is 10.6 Å². The third-order valence-electron chi connectivity index (χ3n) is 4.31. The second-order valence-electron chi connectivity index (χ2n) is 6.48. The summed E-state index contributed by atoms with van der Waals surface area (Å²) in [6, 6.07) is 18.0. The number of hydrogen-bond acceptors (Lipinski definition) is 4. The van der Waals surface area contributed by atoms with E-state index in [0.29, 0.717) is 42.0 Å². The van der Waals surface area contributed by atoms with E-state index in [1.165, 1.54) is 6.07 Å². The molecule has 0 heterocycles. The lowest BCUT2D eigenvalue weighted by Gasteiger charge is -2.14. The van der Waals surface area contributed by atoms with Crippen molar-refractivity contribution >= 4 is 34.9 Å². The Labute approximate surface area is 185 Å². The first kappa shape index (κ1) is 21.8. The van der Waals surface area contributed by atoms with E-state index < -0.39 is 5.97 Å². The van der Waals surface area contributed by atoms with Crippen LogP contribution in [0.25, 0.3) is 0 Å². The lowest BCUT2D eigenvalue weighted by molar-refractivity contribution is 0.0697. The minimum absolute atomic E-state index is 0.0580. The zero-order valence-corrected chi connectivity index (χ0v) is 17.8. The van der Waals surface area contributed by atoms with Crippen LogP contribution in [0.3, 0.4) is 0 Å². The highest BCUT2D eigenvalue weighted by Gasteiger charge is 2.10. The Bertz CT molecular complexity index is 1020. The van der Waals surface area contributed by atoms with Gasteiger partial charge in [-0.3, -0.25) is 0 Å². The first-order valence-corrected chi connectivity index (χ1v) is 10.1. The Morgan fingerprint density at radius 2 is 1.67 bits per heavy atom. The molecule has 0 amide bonds.